The minimum absolute atomic E-state index is 0.587. The van der Waals surface area contributed by atoms with Crippen molar-refractivity contribution < 1.29 is 4.43 Å². The van der Waals surface area contributed by atoms with Crippen LogP contribution in [0.4, 0.5) is 0 Å². The van der Waals surface area contributed by atoms with Gasteiger partial charge in [-0.15, -0.1) is 0 Å². The molecule has 0 fully saturated rings. The van der Waals surface area contributed by atoms with Crippen molar-refractivity contribution in [3.63, 3.8) is 0 Å². The Morgan fingerprint density at radius 2 is 1.41 bits per heavy atom. The first-order valence-corrected chi connectivity index (χ1v) is 10.9. The van der Waals surface area contributed by atoms with E-state index in [0.29, 0.717) is 16.6 Å². The summed E-state index contributed by atoms with van der Waals surface area (Å²) >= 11 is 0. The molecule has 0 aliphatic heterocycles. The second-order valence-electron chi connectivity index (χ2n) is 7.70. The number of hydrogen-bond donors (Lipinski definition) is 0. The third-order valence-electron chi connectivity index (χ3n) is 4.51. The van der Waals surface area contributed by atoms with Gasteiger partial charge in [0.1, 0.15) is 0 Å². The standard InChI is InChI=1S/C20H38OSi/c1-15(2)12-11-13-19(9)14-20(10)21-22(16(3)4,17(5)6)18(7)8/h12,14,16-18H,10-11,13H2,1-9H3/b19-14+. The SMILES string of the molecule is C=C(/C=C(\C)CCC=C(C)C)O[Si](C(C)C)(C(C)C)C(C)C. The largest absolute Gasteiger partial charge is 0.543 e. The van der Waals surface area contributed by atoms with E-state index in [2.05, 4.69) is 81.0 Å². The van der Waals surface area contributed by atoms with Crippen LogP contribution in [-0.4, -0.2) is 8.32 Å². The molecule has 0 aliphatic carbocycles. The van der Waals surface area contributed by atoms with Crippen LogP contribution in [-0.2, 0) is 4.43 Å². The van der Waals surface area contributed by atoms with Crippen molar-refractivity contribution in [2.75, 3.05) is 0 Å². The molecule has 0 bridgehead atoms. The molecule has 0 amide bonds. The van der Waals surface area contributed by atoms with E-state index in [1.54, 1.807) is 0 Å². The fourth-order valence-corrected chi connectivity index (χ4v) is 8.77. The van der Waals surface area contributed by atoms with Gasteiger partial charge in [0, 0.05) is 0 Å². The number of hydrogen-bond acceptors (Lipinski definition) is 1. The average Bonchev–Trinajstić information content (AvgIpc) is 2.33. The molecule has 0 saturated heterocycles. The van der Waals surface area contributed by atoms with Crippen molar-refractivity contribution in [1.29, 1.82) is 0 Å². The molecular formula is C20H38OSi. The van der Waals surface area contributed by atoms with E-state index >= 15 is 0 Å². The van der Waals surface area contributed by atoms with Crippen LogP contribution < -0.4 is 0 Å². The number of allylic oxidation sites excluding steroid dienone is 4. The van der Waals surface area contributed by atoms with Gasteiger partial charge in [0.25, 0.3) is 8.32 Å². The zero-order chi connectivity index (χ0) is 17.5. The monoisotopic (exact) mass is 322 g/mol. The first-order valence-electron chi connectivity index (χ1n) is 8.72. The van der Waals surface area contributed by atoms with Crippen LogP contribution >= 0.6 is 0 Å². The summed E-state index contributed by atoms with van der Waals surface area (Å²) in [6.07, 6.45) is 6.61. The summed E-state index contributed by atoms with van der Waals surface area (Å²) in [5.41, 5.74) is 4.49. The Hall–Kier alpha value is -0.763. The lowest BCUT2D eigenvalue weighted by Crippen LogP contribution is -2.47. The Kier molecular flexibility index (Phi) is 9.07. The fourth-order valence-electron chi connectivity index (χ4n) is 3.55. The molecule has 2 heteroatoms. The van der Waals surface area contributed by atoms with Crippen LogP contribution in [0.5, 0.6) is 0 Å². The zero-order valence-electron chi connectivity index (χ0n) is 16.4. The van der Waals surface area contributed by atoms with Gasteiger partial charge >= 0.3 is 0 Å². The van der Waals surface area contributed by atoms with Crippen LogP contribution in [0.2, 0.25) is 16.6 Å². The van der Waals surface area contributed by atoms with E-state index in [-0.39, 0.29) is 0 Å². The molecule has 0 aromatic carbocycles. The summed E-state index contributed by atoms with van der Waals surface area (Å²) in [4.78, 5) is 0. The van der Waals surface area contributed by atoms with E-state index in [0.717, 1.165) is 18.6 Å². The first kappa shape index (κ1) is 21.2. The van der Waals surface area contributed by atoms with Crippen molar-refractivity contribution in [2.45, 2.75) is 91.8 Å². The molecule has 0 radical (unpaired) electrons. The summed E-state index contributed by atoms with van der Waals surface area (Å²) < 4.78 is 6.57. The molecule has 0 rings (SSSR count). The van der Waals surface area contributed by atoms with Gasteiger partial charge in [-0.25, -0.2) is 0 Å². The van der Waals surface area contributed by atoms with Crippen LogP contribution in [0.15, 0.2) is 35.6 Å². The van der Waals surface area contributed by atoms with E-state index in [1.807, 2.05) is 0 Å². The molecule has 0 unspecified atom stereocenters. The van der Waals surface area contributed by atoms with Crippen LogP contribution in [0.1, 0.15) is 75.2 Å². The zero-order valence-corrected chi connectivity index (χ0v) is 17.4. The van der Waals surface area contributed by atoms with Crippen molar-refractivity contribution in [1.82, 2.24) is 0 Å². The Morgan fingerprint density at radius 3 is 1.77 bits per heavy atom. The third-order valence-corrected chi connectivity index (χ3v) is 10.5. The van der Waals surface area contributed by atoms with E-state index < -0.39 is 8.32 Å². The lowest BCUT2D eigenvalue weighted by atomic mass is 10.1. The molecule has 0 aromatic rings. The lowest BCUT2D eigenvalue weighted by molar-refractivity contribution is 0.388. The summed E-state index contributed by atoms with van der Waals surface area (Å²) in [6.45, 7) is 24.5. The Bertz CT molecular complexity index is 388. The van der Waals surface area contributed by atoms with Gasteiger partial charge in [-0.3, -0.25) is 0 Å². The van der Waals surface area contributed by atoms with Gasteiger partial charge in [0.15, 0.2) is 0 Å². The molecule has 22 heavy (non-hydrogen) atoms. The lowest BCUT2D eigenvalue weighted by Gasteiger charge is -2.42. The fraction of sp³-hybridized carbons (Fsp3) is 0.700. The van der Waals surface area contributed by atoms with Crippen LogP contribution in [0.25, 0.3) is 0 Å². The Labute approximate surface area is 140 Å². The molecular weight excluding hydrogens is 284 g/mol. The van der Waals surface area contributed by atoms with E-state index in [1.165, 1.54) is 11.1 Å². The van der Waals surface area contributed by atoms with Crippen LogP contribution in [0, 0.1) is 0 Å². The Morgan fingerprint density at radius 1 is 0.955 bits per heavy atom. The van der Waals surface area contributed by atoms with Crippen molar-refractivity contribution in [3.8, 4) is 0 Å². The van der Waals surface area contributed by atoms with Crippen molar-refractivity contribution in [2.24, 2.45) is 0 Å². The smallest absolute Gasteiger partial charge is 0.258 e. The summed E-state index contributed by atoms with van der Waals surface area (Å²) in [7, 11) is -1.86. The van der Waals surface area contributed by atoms with Gasteiger partial charge in [0.05, 0.1) is 5.76 Å². The molecule has 0 saturated carbocycles. The molecule has 0 heterocycles. The highest BCUT2D eigenvalue weighted by Crippen LogP contribution is 2.43. The predicted octanol–water partition coefficient (Wildman–Crippen LogP) is 7.38. The number of rotatable bonds is 9. The molecule has 0 N–H and O–H groups in total. The molecule has 1 nitrogen and oxygen atoms in total. The summed E-state index contributed by atoms with van der Waals surface area (Å²) in [5, 5.41) is 0. The second-order valence-corrected chi connectivity index (χ2v) is 13.1. The highest BCUT2D eigenvalue weighted by molar-refractivity contribution is 6.77. The minimum atomic E-state index is -1.86. The van der Waals surface area contributed by atoms with E-state index in [9.17, 15) is 0 Å². The molecule has 0 aromatic heterocycles. The summed E-state index contributed by atoms with van der Waals surface area (Å²) in [6, 6.07) is 0. The minimum Gasteiger partial charge on any atom is -0.543 e. The van der Waals surface area contributed by atoms with E-state index in [4.69, 9.17) is 4.43 Å². The quantitative estimate of drug-likeness (QED) is 0.186. The maximum atomic E-state index is 6.57. The first-order chi connectivity index (χ1) is 10.0. The summed E-state index contributed by atoms with van der Waals surface area (Å²) in [5.74, 6) is 0.859. The van der Waals surface area contributed by atoms with Crippen molar-refractivity contribution in [3.05, 3.63) is 35.6 Å². The van der Waals surface area contributed by atoms with Crippen molar-refractivity contribution >= 4 is 8.32 Å². The highest BCUT2D eigenvalue weighted by atomic mass is 28.4. The third kappa shape index (κ3) is 6.16. The maximum Gasteiger partial charge on any atom is 0.258 e. The Balaban J connectivity index is 5.01. The normalized spacial score (nSPS) is 13.0. The maximum absolute atomic E-state index is 6.57. The van der Waals surface area contributed by atoms with Gasteiger partial charge in [0.2, 0.25) is 0 Å². The molecule has 0 aliphatic rings. The average molecular weight is 323 g/mol. The van der Waals surface area contributed by atoms with Gasteiger partial charge in [-0.05, 0) is 56.3 Å². The molecule has 0 atom stereocenters. The van der Waals surface area contributed by atoms with Crippen LogP contribution in [0.3, 0.4) is 0 Å². The van der Waals surface area contributed by atoms with Gasteiger partial charge < -0.3 is 4.43 Å². The predicted molar refractivity (Wildman–Crippen MR) is 104 cm³/mol. The highest BCUT2D eigenvalue weighted by Gasteiger charge is 2.46. The van der Waals surface area contributed by atoms with Gasteiger partial charge in [-0.1, -0.05) is 65.3 Å². The molecule has 0 spiro atoms. The second kappa shape index (κ2) is 9.39. The topological polar surface area (TPSA) is 9.23 Å². The molecule has 128 valence electrons. The van der Waals surface area contributed by atoms with Gasteiger partial charge in [-0.2, -0.15) is 0 Å².